The molecule has 1 rings (SSSR count). The molecule has 0 saturated heterocycles. The summed E-state index contributed by atoms with van der Waals surface area (Å²) in [5.41, 5.74) is 0.628. The molecule has 0 saturated carbocycles. The normalized spacial score (nSPS) is 10.7. The SMILES string of the molecule is CCC=CCCCCCOc1ccccc1C=O. The molecule has 2 heteroatoms. The van der Waals surface area contributed by atoms with Gasteiger partial charge in [0, 0.05) is 0 Å². The number of benzene rings is 1. The van der Waals surface area contributed by atoms with Gasteiger partial charge in [0.15, 0.2) is 6.29 Å². The van der Waals surface area contributed by atoms with Gasteiger partial charge in [-0.15, -0.1) is 0 Å². The Morgan fingerprint density at radius 3 is 2.72 bits per heavy atom. The molecule has 2 nitrogen and oxygen atoms in total. The summed E-state index contributed by atoms with van der Waals surface area (Å²) >= 11 is 0. The second-order valence-electron chi connectivity index (χ2n) is 4.23. The van der Waals surface area contributed by atoms with Gasteiger partial charge in [0.25, 0.3) is 0 Å². The number of aldehydes is 1. The molecule has 0 N–H and O–H groups in total. The van der Waals surface area contributed by atoms with Crippen molar-refractivity contribution in [1.29, 1.82) is 0 Å². The van der Waals surface area contributed by atoms with E-state index >= 15 is 0 Å². The maximum Gasteiger partial charge on any atom is 0.153 e. The summed E-state index contributed by atoms with van der Waals surface area (Å²) in [6, 6.07) is 7.35. The van der Waals surface area contributed by atoms with E-state index in [-0.39, 0.29) is 0 Å². The van der Waals surface area contributed by atoms with E-state index < -0.39 is 0 Å². The minimum atomic E-state index is 0.628. The fourth-order valence-electron chi connectivity index (χ4n) is 1.72. The third-order valence-corrected chi connectivity index (χ3v) is 2.72. The predicted octanol–water partition coefficient (Wildman–Crippen LogP) is 4.40. The van der Waals surface area contributed by atoms with Crippen molar-refractivity contribution in [2.75, 3.05) is 6.61 Å². The first-order valence-corrected chi connectivity index (χ1v) is 6.70. The van der Waals surface area contributed by atoms with E-state index in [0.29, 0.717) is 17.9 Å². The van der Waals surface area contributed by atoms with Gasteiger partial charge in [-0.2, -0.15) is 0 Å². The molecule has 0 spiro atoms. The molecule has 18 heavy (non-hydrogen) atoms. The second kappa shape index (κ2) is 9.46. The molecule has 0 aromatic heterocycles. The van der Waals surface area contributed by atoms with E-state index in [9.17, 15) is 4.79 Å². The Hall–Kier alpha value is -1.57. The Bertz CT molecular complexity index is 369. The largest absolute Gasteiger partial charge is 0.493 e. The monoisotopic (exact) mass is 246 g/mol. The van der Waals surface area contributed by atoms with E-state index in [1.54, 1.807) is 6.07 Å². The summed E-state index contributed by atoms with van der Waals surface area (Å²) in [5, 5.41) is 0. The fourth-order valence-corrected chi connectivity index (χ4v) is 1.72. The van der Waals surface area contributed by atoms with Gasteiger partial charge in [0.2, 0.25) is 0 Å². The standard InChI is InChI=1S/C16H22O2/c1-2-3-4-5-6-7-10-13-18-16-12-9-8-11-15(16)14-17/h3-4,8-9,11-12,14H,2,5-7,10,13H2,1H3. The lowest BCUT2D eigenvalue weighted by Gasteiger charge is -2.07. The molecule has 0 aliphatic carbocycles. The fraction of sp³-hybridized carbons (Fsp3) is 0.438. The van der Waals surface area contributed by atoms with E-state index in [4.69, 9.17) is 4.74 Å². The first kappa shape index (κ1) is 14.5. The second-order valence-corrected chi connectivity index (χ2v) is 4.23. The van der Waals surface area contributed by atoms with Crippen molar-refractivity contribution in [2.24, 2.45) is 0 Å². The van der Waals surface area contributed by atoms with Crippen LogP contribution < -0.4 is 4.74 Å². The third-order valence-electron chi connectivity index (χ3n) is 2.72. The van der Waals surface area contributed by atoms with Crippen LogP contribution in [0.15, 0.2) is 36.4 Å². The van der Waals surface area contributed by atoms with Crippen LogP contribution in [0.5, 0.6) is 5.75 Å². The molecule has 0 amide bonds. The van der Waals surface area contributed by atoms with Gasteiger partial charge < -0.3 is 4.74 Å². The maximum atomic E-state index is 10.8. The number of carbonyl (C=O) groups is 1. The number of hydrogen-bond acceptors (Lipinski definition) is 2. The summed E-state index contributed by atoms with van der Waals surface area (Å²) in [5.74, 6) is 0.693. The van der Waals surface area contributed by atoms with Crippen molar-refractivity contribution in [3.63, 3.8) is 0 Å². The summed E-state index contributed by atoms with van der Waals surface area (Å²) < 4.78 is 5.61. The molecule has 0 aliphatic rings. The molecular formula is C16H22O2. The van der Waals surface area contributed by atoms with E-state index in [0.717, 1.165) is 32.0 Å². The number of allylic oxidation sites excluding steroid dienone is 2. The zero-order valence-electron chi connectivity index (χ0n) is 11.1. The van der Waals surface area contributed by atoms with Crippen LogP contribution in [0.2, 0.25) is 0 Å². The summed E-state index contributed by atoms with van der Waals surface area (Å²) in [7, 11) is 0. The Morgan fingerprint density at radius 2 is 1.94 bits per heavy atom. The first-order chi connectivity index (χ1) is 8.88. The highest BCUT2D eigenvalue weighted by Crippen LogP contribution is 2.16. The average molecular weight is 246 g/mol. The Balaban J connectivity index is 2.14. The van der Waals surface area contributed by atoms with Crippen molar-refractivity contribution in [3.8, 4) is 5.75 Å². The highest BCUT2D eigenvalue weighted by molar-refractivity contribution is 5.79. The molecular weight excluding hydrogens is 224 g/mol. The van der Waals surface area contributed by atoms with Crippen LogP contribution in [-0.2, 0) is 0 Å². The molecule has 1 aromatic rings. The molecule has 0 radical (unpaired) electrons. The van der Waals surface area contributed by atoms with Gasteiger partial charge in [0.05, 0.1) is 12.2 Å². The smallest absolute Gasteiger partial charge is 0.153 e. The van der Waals surface area contributed by atoms with Gasteiger partial charge in [-0.05, 0) is 44.2 Å². The van der Waals surface area contributed by atoms with Crippen LogP contribution >= 0.6 is 0 Å². The van der Waals surface area contributed by atoms with Crippen LogP contribution in [0.3, 0.4) is 0 Å². The van der Waals surface area contributed by atoms with Crippen LogP contribution in [0.1, 0.15) is 49.4 Å². The lowest BCUT2D eigenvalue weighted by molar-refractivity contribution is 0.111. The molecule has 0 aliphatic heterocycles. The van der Waals surface area contributed by atoms with Crippen LogP contribution in [0, 0.1) is 0 Å². The predicted molar refractivity (Wildman–Crippen MR) is 75.2 cm³/mol. The van der Waals surface area contributed by atoms with E-state index in [1.165, 1.54) is 6.42 Å². The van der Waals surface area contributed by atoms with Gasteiger partial charge in [-0.1, -0.05) is 31.2 Å². The molecule has 0 fully saturated rings. The Kier molecular flexibility index (Phi) is 7.61. The number of para-hydroxylation sites is 1. The number of carbonyl (C=O) groups excluding carboxylic acids is 1. The van der Waals surface area contributed by atoms with Crippen molar-refractivity contribution in [2.45, 2.75) is 39.0 Å². The zero-order chi connectivity index (χ0) is 13.1. The topological polar surface area (TPSA) is 26.3 Å². The average Bonchev–Trinajstić information content (AvgIpc) is 2.42. The van der Waals surface area contributed by atoms with E-state index in [1.807, 2.05) is 18.2 Å². The van der Waals surface area contributed by atoms with Crippen LogP contribution in [0.25, 0.3) is 0 Å². The molecule has 0 atom stereocenters. The Labute approximate surface area is 110 Å². The molecule has 0 unspecified atom stereocenters. The highest BCUT2D eigenvalue weighted by Gasteiger charge is 2.00. The summed E-state index contributed by atoms with van der Waals surface area (Å²) in [6.45, 7) is 2.83. The van der Waals surface area contributed by atoms with Crippen molar-refractivity contribution in [3.05, 3.63) is 42.0 Å². The number of ether oxygens (including phenoxy) is 1. The number of hydrogen-bond donors (Lipinski definition) is 0. The van der Waals surface area contributed by atoms with Crippen molar-refractivity contribution >= 4 is 6.29 Å². The Morgan fingerprint density at radius 1 is 1.11 bits per heavy atom. The number of rotatable bonds is 9. The minimum Gasteiger partial charge on any atom is -0.493 e. The van der Waals surface area contributed by atoms with Gasteiger partial charge >= 0.3 is 0 Å². The van der Waals surface area contributed by atoms with Gasteiger partial charge in [-0.3, -0.25) is 4.79 Å². The maximum absolute atomic E-state index is 10.8. The minimum absolute atomic E-state index is 0.628. The van der Waals surface area contributed by atoms with Crippen molar-refractivity contribution in [1.82, 2.24) is 0 Å². The van der Waals surface area contributed by atoms with Gasteiger partial charge in [-0.25, -0.2) is 0 Å². The first-order valence-electron chi connectivity index (χ1n) is 6.70. The van der Waals surface area contributed by atoms with Crippen LogP contribution in [-0.4, -0.2) is 12.9 Å². The molecule has 0 heterocycles. The summed E-state index contributed by atoms with van der Waals surface area (Å²) in [6.07, 6.45) is 11.0. The molecule has 98 valence electrons. The third kappa shape index (κ3) is 5.67. The molecule has 1 aromatic carbocycles. The van der Waals surface area contributed by atoms with Crippen LogP contribution in [0.4, 0.5) is 0 Å². The van der Waals surface area contributed by atoms with E-state index in [2.05, 4.69) is 19.1 Å². The molecule has 0 bridgehead atoms. The zero-order valence-corrected chi connectivity index (χ0v) is 11.1. The van der Waals surface area contributed by atoms with Crippen molar-refractivity contribution < 1.29 is 9.53 Å². The highest BCUT2D eigenvalue weighted by atomic mass is 16.5. The quantitative estimate of drug-likeness (QED) is 0.366. The van der Waals surface area contributed by atoms with Gasteiger partial charge in [0.1, 0.15) is 5.75 Å². The summed E-state index contributed by atoms with van der Waals surface area (Å²) in [4.78, 5) is 10.8. The number of unbranched alkanes of at least 4 members (excludes halogenated alkanes) is 3. The lowest BCUT2D eigenvalue weighted by Crippen LogP contribution is -1.99. The lowest BCUT2D eigenvalue weighted by atomic mass is 10.2.